The largest absolute Gasteiger partial charge is 0.379 e. The Balaban J connectivity index is 1.28. The van der Waals surface area contributed by atoms with Gasteiger partial charge < -0.3 is 10.1 Å². The molecule has 10 heteroatoms. The Morgan fingerprint density at radius 1 is 0.938 bits per heavy atom. The third-order valence-corrected chi connectivity index (χ3v) is 7.36. The number of benzene rings is 2. The van der Waals surface area contributed by atoms with Gasteiger partial charge in [0, 0.05) is 19.6 Å². The van der Waals surface area contributed by atoms with E-state index in [1.54, 1.807) is 48.5 Å². The first-order valence-corrected chi connectivity index (χ1v) is 11.7. The number of amides is 3. The van der Waals surface area contributed by atoms with Crippen LogP contribution in [-0.2, 0) is 26.0 Å². The molecule has 1 saturated heterocycles. The van der Waals surface area contributed by atoms with Gasteiger partial charge in [-0.2, -0.15) is 4.31 Å². The van der Waals surface area contributed by atoms with Crippen LogP contribution in [0.3, 0.4) is 0 Å². The normalized spacial score (nSPS) is 16.8. The van der Waals surface area contributed by atoms with Crippen LogP contribution < -0.4 is 5.32 Å². The molecule has 1 N–H and O–H groups in total. The highest BCUT2D eigenvalue weighted by molar-refractivity contribution is 7.89. The molecular formula is C22H23N3O6S. The molecule has 2 heterocycles. The number of hydrogen-bond acceptors (Lipinski definition) is 6. The summed E-state index contributed by atoms with van der Waals surface area (Å²) in [6.07, 6.45) is 0.478. The van der Waals surface area contributed by atoms with Crippen LogP contribution in [0.2, 0.25) is 0 Å². The molecular weight excluding hydrogens is 434 g/mol. The summed E-state index contributed by atoms with van der Waals surface area (Å²) in [5, 5.41) is 2.70. The first kappa shape index (κ1) is 22.1. The van der Waals surface area contributed by atoms with Gasteiger partial charge in [0.05, 0.1) is 29.2 Å². The van der Waals surface area contributed by atoms with Crippen LogP contribution in [0.15, 0.2) is 53.4 Å². The zero-order chi connectivity index (χ0) is 22.7. The predicted molar refractivity (Wildman–Crippen MR) is 115 cm³/mol. The van der Waals surface area contributed by atoms with E-state index in [0.29, 0.717) is 43.9 Å². The predicted octanol–water partition coefficient (Wildman–Crippen LogP) is 0.662. The SMILES string of the molecule is O=C(CN1C(=O)c2ccccc2C1=O)NCCc1ccc(S(=O)(=O)N2CCOCC2)cc1. The van der Waals surface area contributed by atoms with Gasteiger partial charge in [-0.15, -0.1) is 0 Å². The fraction of sp³-hybridized carbons (Fsp3) is 0.318. The third kappa shape index (κ3) is 4.43. The minimum absolute atomic E-state index is 0.220. The number of carbonyl (C=O) groups excluding carboxylic acids is 3. The van der Waals surface area contributed by atoms with Gasteiger partial charge in [0.2, 0.25) is 15.9 Å². The molecule has 168 valence electrons. The van der Waals surface area contributed by atoms with E-state index in [2.05, 4.69) is 5.32 Å². The number of rotatable bonds is 7. The van der Waals surface area contributed by atoms with E-state index in [9.17, 15) is 22.8 Å². The molecule has 32 heavy (non-hydrogen) atoms. The Kier molecular flexibility index (Phi) is 6.35. The van der Waals surface area contributed by atoms with Crippen LogP contribution in [0.5, 0.6) is 0 Å². The number of sulfonamides is 1. The maximum Gasteiger partial charge on any atom is 0.262 e. The van der Waals surface area contributed by atoms with E-state index in [1.165, 1.54) is 4.31 Å². The highest BCUT2D eigenvalue weighted by Gasteiger charge is 2.36. The Morgan fingerprint density at radius 2 is 1.53 bits per heavy atom. The second kappa shape index (κ2) is 9.19. The van der Waals surface area contributed by atoms with E-state index < -0.39 is 27.7 Å². The van der Waals surface area contributed by atoms with Crippen molar-refractivity contribution in [1.29, 1.82) is 0 Å². The van der Waals surface area contributed by atoms with Gasteiger partial charge in [0.1, 0.15) is 6.54 Å². The Morgan fingerprint density at radius 3 is 2.12 bits per heavy atom. The van der Waals surface area contributed by atoms with Crippen LogP contribution in [0.4, 0.5) is 0 Å². The summed E-state index contributed by atoms with van der Waals surface area (Å²) in [6, 6.07) is 13.0. The molecule has 0 aliphatic carbocycles. The number of carbonyl (C=O) groups is 3. The number of nitrogens with zero attached hydrogens (tertiary/aromatic N) is 2. The topological polar surface area (TPSA) is 113 Å². The average Bonchev–Trinajstić information content (AvgIpc) is 3.05. The van der Waals surface area contributed by atoms with E-state index in [0.717, 1.165) is 10.5 Å². The Labute approximate surface area is 186 Å². The molecule has 0 atom stereocenters. The molecule has 2 aliphatic heterocycles. The molecule has 0 bridgehead atoms. The molecule has 2 aromatic carbocycles. The van der Waals surface area contributed by atoms with Crippen molar-refractivity contribution in [3.63, 3.8) is 0 Å². The zero-order valence-corrected chi connectivity index (χ0v) is 18.1. The average molecular weight is 458 g/mol. The molecule has 2 aromatic rings. The van der Waals surface area contributed by atoms with Crippen LogP contribution in [0.25, 0.3) is 0 Å². The van der Waals surface area contributed by atoms with Gasteiger partial charge >= 0.3 is 0 Å². The van der Waals surface area contributed by atoms with Gasteiger partial charge in [-0.3, -0.25) is 19.3 Å². The molecule has 9 nitrogen and oxygen atoms in total. The molecule has 0 radical (unpaired) electrons. The summed E-state index contributed by atoms with van der Waals surface area (Å²) in [5.41, 5.74) is 1.46. The standard InChI is InChI=1S/C22H23N3O6S/c26-20(15-25-21(27)18-3-1-2-4-19(18)22(25)28)23-10-9-16-5-7-17(8-6-16)32(29,30)24-11-13-31-14-12-24/h1-8H,9-15H2,(H,23,26). The highest BCUT2D eigenvalue weighted by atomic mass is 32.2. The lowest BCUT2D eigenvalue weighted by molar-refractivity contribution is -0.121. The fourth-order valence-corrected chi connectivity index (χ4v) is 5.10. The summed E-state index contributed by atoms with van der Waals surface area (Å²) in [6.45, 7) is 1.39. The van der Waals surface area contributed by atoms with E-state index in [4.69, 9.17) is 4.74 Å². The van der Waals surface area contributed by atoms with Crippen molar-refractivity contribution in [1.82, 2.24) is 14.5 Å². The highest BCUT2D eigenvalue weighted by Crippen LogP contribution is 2.22. The molecule has 0 spiro atoms. The molecule has 3 amide bonds. The van der Waals surface area contributed by atoms with Crippen LogP contribution in [-0.4, -0.2) is 74.7 Å². The van der Waals surface area contributed by atoms with Crippen LogP contribution in [0.1, 0.15) is 26.3 Å². The van der Waals surface area contributed by atoms with Crippen molar-refractivity contribution < 1.29 is 27.5 Å². The number of hydrogen-bond donors (Lipinski definition) is 1. The van der Waals surface area contributed by atoms with Crippen molar-refractivity contribution in [3.8, 4) is 0 Å². The smallest absolute Gasteiger partial charge is 0.262 e. The second-order valence-corrected chi connectivity index (χ2v) is 9.44. The molecule has 0 saturated carbocycles. The van der Waals surface area contributed by atoms with Gasteiger partial charge in [0.25, 0.3) is 11.8 Å². The van der Waals surface area contributed by atoms with E-state index in [-0.39, 0.29) is 18.0 Å². The third-order valence-electron chi connectivity index (χ3n) is 5.45. The second-order valence-electron chi connectivity index (χ2n) is 7.50. The molecule has 0 aromatic heterocycles. The lowest BCUT2D eigenvalue weighted by atomic mass is 10.1. The fourth-order valence-electron chi connectivity index (χ4n) is 3.69. The van der Waals surface area contributed by atoms with Gasteiger partial charge in [-0.1, -0.05) is 24.3 Å². The number of ether oxygens (including phenoxy) is 1. The summed E-state index contributed by atoms with van der Waals surface area (Å²) >= 11 is 0. The van der Waals surface area contributed by atoms with Crippen molar-refractivity contribution in [2.75, 3.05) is 39.4 Å². The first-order chi connectivity index (χ1) is 15.4. The molecule has 1 fully saturated rings. The summed E-state index contributed by atoms with van der Waals surface area (Å²) in [5.74, 6) is -1.39. The lowest BCUT2D eigenvalue weighted by Gasteiger charge is -2.26. The zero-order valence-electron chi connectivity index (χ0n) is 17.3. The lowest BCUT2D eigenvalue weighted by Crippen LogP contribution is -2.41. The van der Waals surface area contributed by atoms with Gasteiger partial charge in [0.15, 0.2) is 0 Å². The van der Waals surface area contributed by atoms with Gasteiger partial charge in [-0.05, 0) is 36.2 Å². The summed E-state index contributed by atoms with van der Waals surface area (Å²) < 4.78 is 31.9. The van der Waals surface area contributed by atoms with Crippen LogP contribution in [0, 0.1) is 0 Å². The minimum atomic E-state index is -3.55. The minimum Gasteiger partial charge on any atom is -0.379 e. The van der Waals surface area contributed by atoms with Crippen LogP contribution >= 0.6 is 0 Å². The number of imide groups is 1. The van der Waals surface area contributed by atoms with E-state index >= 15 is 0 Å². The van der Waals surface area contributed by atoms with Gasteiger partial charge in [-0.25, -0.2) is 8.42 Å². The van der Waals surface area contributed by atoms with Crippen molar-refractivity contribution >= 4 is 27.7 Å². The quantitative estimate of drug-likeness (QED) is 0.612. The molecule has 0 unspecified atom stereocenters. The van der Waals surface area contributed by atoms with Crippen molar-refractivity contribution in [2.45, 2.75) is 11.3 Å². The maximum atomic E-state index is 12.7. The van der Waals surface area contributed by atoms with E-state index in [1.807, 2.05) is 0 Å². The molecule has 2 aliphatic rings. The Bertz CT molecular complexity index is 1110. The Hall–Kier alpha value is -3.08. The number of morpholine rings is 1. The maximum absolute atomic E-state index is 12.7. The monoisotopic (exact) mass is 457 g/mol. The van der Waals surface area contributed by atoms with Crippen molar-refractivity contribution in [3.05, 3.63) is 65.2 Å². The summed E-state index contributed by atoms with van der Waals surface area (Å²) in [4.78, 5) is 38.1. The summed E-state index contributed by atoms with van der Waals surface area (Å²) in [7, 11) is -3.55. The van der Waals surface area contributed by atoms with Crippen molar-refractivity contribution in [2.24, 2.45) is 0 Å². The number of fused-ring (bicyclic) bond motifs is 1. The number of nitrogens with one attached hydrogen (secondary N) is 1. The first-order valence-electron chi connectivity index (χ1n) is 10.3. The molecule has 4 rings (SSSR count).